The second-order valence-corrected chi connectivity index (χ2v) is 5.56. The topological polar surface area (TPSA) is 42.3 Å². The van der Waals surface area contributed by atoms with E-state index in [1.54, 1.807) is 0 Å². The quantitative estimate of drug-likeness (QED) is 0.738. The van der Waals surface area contributed by atoms with E-state index in [-0.39, 0.29) is 6.04 Å². The molecule has 0 aromatic rings. The predicted octanol–water partition coefficient (Wildman–Crippen LogP) is 1.15. The summed E-state index contributed by atoms with van der Waals surface area (Å²) in [5.74, 6) is 0.758. The maximum absolute atomic E-state index is 8.99. The zero-order valence-electron chi connectivity index (χ0n) is 12.2. The lowest BCUT2D eigenvalue weighted by Gasteiger charge is -2.35. The molecule has 0 aromatic carbocycles. The first-order valence-electron chi connectivity index (χ1n) is 7.23. The van der Waals surface area contributed by atoms with Gasteiger partial charge in [0.15, 0.2) is 0 Å². The van der Waals surface area contributed by atoms with Gasteiger partial charge < -0.3 is 15.1 Å². The van der Waals surface area contributed by atoms with Crippen LogP contribution < -0.4 is 5.32 Å². The van der Waals surface area contributed by atoms with Crippen LogP contribution in [-0.4, -0.2) is 61.7 Å². The van der Waals surface area contributed by atoms with Crippen molar-refractivity contribution in [2.75, 3.05) is 45.8 Å². The van der Waals surface area contributed by atoms with E-state index < -0.39 is 0 Å². The van der Waals surface area contributed by atoms with E-state index in [1.807, 2.05) is 0 Å². The molecule has 0 radical (unpaired) electrons. The fourth-order valence-electron chi connectivity index (χ4n) is 2.48. The second kappa shape index (κ2) is 8.47. The van der Waals surface area contributed by atoms with Gasteiger partial charge in [0.05, 0.1) is 12.1 Å². The van der Waals surface area contributed by atoms with Crippen LogP contribution >= 0.6 is 0 Å². The van der Waals surface area contributed by atoms with Crippen molar-refractivity contribution in [3.63, 3.8) is 0 Å². The Morgan fingerprint density at radius 3 is 2.28 bits per heavy atom. The number of hydrogen-bond acceptors (Lipinski definition) is 4. The van der Waals surface area contributed by atoms with Crippen LogP contribution in [0.1, 0.15) is 27.2 Å². The van der Waals surface area contributed by atoms with Gasteiger partial charge in [-0.3, -0.25) is 0 Å². The standard InChI is InChI=1S/C14H28N4/c1-4-16-14(11-15)5-6-17-7-9-18(10-8-17)12-13(2)3/h13-14,16H,4-10,12H2,1-3H3. The number of piperazine rings is 1. The van der Waals surface area contributed by atoms with Gasteiger partial charge in [0.1, 0.15) is 0 Å². The van der Waals surface area contributed by atoms with Crippen LogP contribution in [0.15, 0.2) is 0 Å². The monoisotopic (exact) mass is 252 g/mol. The molecule has 0 saturated carbocycles. The van der Waals surface area contributed by atoms with Crippen molar-refractivity contribution in [1.29, 1.82) is 5.26 Å². The minimum absolute atomic E-state index is 0.0173. The van der Waals surface area contributed by atoms with E-state index in [9.17, 15) is 0 Å². The summed E-state index contributed by atoms with van der Waals surface area (Å²) in [6.45, 7) is 14.4. The van der Waals surface area contributed by atoms with Crippen LogP contribution in [0.25, 0.3) is 0 Å². The highest BCUT2D eigenvalue weighted by atomic mass is 15.3. The Hall–Kier alpha value is -0.630. The molecule has 0 amide bonds. The van der Waals surface area contributed by atoms with Crippen LogP contribution in [0.4, 0.5) is 0 Å². The molecular formula is C14H28N4. The molecule has 1 heterocycles. The summed E-state index contributed by atoms with van der Waals surface area (Å²) in [5.41, 5.74) is 0. The smallest absolute Gasteiger partial charge is 0.0965 e. The first-order valence-corrected chi connectivity index (χ1v) is 7.23. The fraction of sp³-hybridized carbons (Fsp3) is 0.929. The summed E-state index contributed by atoms with van der Waals surface area (Å²) < 4.78 is 0. The number of nitrogens with zero attached hydrogens (tertiary/aromatic N) is 3. The van der Waals surface area contributed by atoms with Crippen molar-refractivity contribution < 1.29 is 0 Å². The Balaban J connectivity index is 2.17. The summed E-state index contributed by atoms with van der Waals surface area (Å²) >= 11 is 0. The Morgan fingerprint density at radius 1 is 1.17 bits per heavy atom. The molecule has 4 nitrogen and oxygen atoms in total. The highest BCUT2D eigenvalue weighted by Crippen LogP contribution is 2.06. The molecule has 1 unspecified atom stereocenters. The second-order valence-electron chi connectivity index (χ2n) is 5.56. The average Bonchev–Trinajstić information content (AvgIpc) is 2.35. The molecule has 4 heteroatoms. The maximum Gasteiger partial charge on any atom is 0.0965 e. The molecule has 1 rings (SSSR count). The maximum atomic E-state index is 8.99. The van der Waals surface area contributed by atoms with Gasteiger partial charge >= 0.3 is 0 Å². The van der Waals surface area contributed by atoms with Gasteiger partial charge in [-0.1, -0.05) is 20.8 Å². The molecule has 0 aromatic heterocycles. The summed E-state index contributed by atoms with van der Waals surface area (Å²) in [4.78, 5) is 5.03. The lowest BCUT2D eigenvalue weighted by atomic mass is 10.1. The predicted molar refractivity (Wildman–Crippen MR) is 75.4 cm³/mol. The third-order valence-corrected chi connectivity index (χ3v) is 3.43. The molecule has 1 aliphatic heterocycles. The number of nitriles is 1. The van der Waals surface area contributed by atoms with E-state index in [0.29, 0.717) is 0 Å². The highest BCUT2D eigenvalue weighted by Gasteiger charge is 2.18. The Kier molecular flexibility index (Phi) is 7.26. The lowest BCUT2D eigenvalue weighted by Crippen LogP contribution is -2.48. The third kappa shape index (κ3) is 5.81. The molecule has 0 bridgehead atoms. The molecule has 1 N–H and O–H groups in total. The van der Waals surface area contributed by atoms with Crippen LogP contribution in [0.5, 0.6) is 0 Å². The Morgan fingerprint density at radius 2 is 1.78 bits per heavy atom. The van der Waals surface area contributed by atoms with E-state index in [0.717, 1.165) is 38.5 Å². The van der Waals surface area contributed by atoms with Crippen LogP contribution in [0.3, 0.4) is 0 Å². The van der Waals surface area contributed by atoms with E-state index >= 15 is 0 Å². The van der Waals surface area contributed by atoms with Gasteiger partial charge in [0.2, 0.25) is 0 Å². The highest BCUT2D eigenvalue weighted by molar-refractivity contribution is 4.90. The zero-order valence-corrected chi connectivity index (χ0v) is 12.2. The van der Waals surface area contributed by atoms with Gasteiger partial charge in [-0.25, -0.2) is 0 Å². The lowest BCUT2D eigenvalue weighted by molar-refractivity contribution is 0.120. The summed E-state index contributed by atoms with van der Waals surface area (Å²) in [6.07, 6.45) is 0.939. The third-order valence-electron chi connectivity index (χ3n) is 3.43. The first kappa shape index (κ1) is 15.4. The molecule has 1 atom stereocenters. The van der Waals surface area contributed by atoms with Gasteiger partial charge in [-0.15, -0.1) is 0 Å². The minimum Gasteiger partial charge on any atom is -0.302 e. The van der Waals surface area contributed by atoms with Crippen LogP contribution in [0.2, 0.25) is 0 Å². The van der Waals surface area contributed by atoms with Crippen molar-refractivity contribution in [3.05, 3.63) is 0 Å². The van der Waals surface area contributed by atoms with Crippen molar-refractivity contribution in [1.82, 2.24) is 15.1 Å². The SMILES string of the molecule is CCNC(C#N)CCN1CCN(CC(C)C)CC1. The summed E-state index contributed by atoms with van der Waals surface area (Å²) in [6, 6.07) is 2.35. The zero-order chi connectivity index (χ0) is 13.4. The molecule has 1 aliphatic rings. The van der Waals surface area contributed by atoms with Crippen LogP contribution in [-0.2, 0) is 0 Å². The van der Waals surface area contributed by atoms with Crippen molar-refractivity contribution in [2.45, 2.75) is 33.2 Å². The molecule has 1 fully saturated rings. The number of nitrogens with one attached hydrogen (secondary N) is 1. The van der Waals surface area contributed by atoms with Crippen LogP contribution in [0, 0.1) is 17.2 Å². The normalized spacial score (nSPS) is 19.9. The van der Waals surface area contributed by atoms with Gasteiger partial charge in [-0.05, 0) is 18.9 Å². The van der Waals surface area contributed by atoms with Crippen molar-refractivity contribution in [3.8, 4) is 6.07 Å². The summed E-state index contributed by atoms with van der Waals surface area (Å²) in [5, 5.41) is 12.2. The minimum atomic E-state index is 0.0173. The number of rotatable bonds is 7. The molecule has 104 valence electrons. The Labute approximate surface area is 112 Å². The molecule has 0 aliphatic carbocycles. The fourth-order valence-corrected chi connectivity index (χ4v) is 2.48. The Bertz CT molecular complexity index is 251. The molecule has 1 saturated heterocycles. The molecule has 18 heavy (non-hydrogen) atoms. The molecule has 0 spiro atoms. The van der Waals surface area contributed by atoms with E-state index in [1.165, 1.54) is 19.6 Å². The first-order chi connectivity index (χ1) is 8.65. The summed E-state index contributed by atoms with van der Waals surface area (Å²) in [7, 11) is 0. The van der Waals surface area contributed by atoms with E-state index in [2.05, 4.69) is 42.0 Å². The van der Waals surface area contributed by atoms with E-state index in [4.69, 9.17) is 5.26 Å². The average molecular weight is 252 g/mol. The van der Waals surface area contributed by atoms with Gasteiger partial charge in [-0.2, -0.15) is 5.26 Å². The molecular weight excluding hydrogens is 224 g/mol. The van der Waals surface area contributed by atoms with Gasteiger partial charge in [0, 0.05) is 39.3 Å². The van der Waals surface area contributed by atoms with Crippen molar-refractivity contribution in [2.24, 2.45) is 5.92 Å². The van der Waals surface area contributed by atoms with Gasteiger partial charge in [0.25, 0.3) is 0 Å². The largest absolute Gasteiger partial charge is 0.302 e. The van der Waals surface area contributed by atoms with Crippen molar-refractivity contribution >= 4 is 0 Å². The number of hydrogen-bond donors (Lipinski definition) is 1.